The molecule has 1 aromatic carbocycles. The monoisotopic (exact) mass is 285 g/mol. The highest BCUT2D eigenvalue weighted by atomic mass is 16.5. The normalized spacial score (nSPS) is 10.8. The Morgan fingerprint density at radius 2 is 2.19 bits per heavy atom. The van der Waals surface area contributed by atoms with Gasteiger partial charge in [0.1, 0.15) is 11.5 Å². The smallest absolute Gasteiger partial charge is 0.259 e. The third kappa shape index (κ3) is 2.24. The predicted molar refractivity (Wildman–Crippen MR) is 78.8 cm³/mol. The minimum Gasteiger partial charge on any atom is -0.496 e. The summed E-state index contributed by atoms with van der Waals surface area (Å²) in [5.74, 6) is 1.43. The molecule has 0 aliphatic carbocycles. The number of amides is 1. The summed E-state index contributed by atoms with van der Waals surface area (Å²) in [4.78, 5) is 15.7. The molecule has 0 spiro atoms. The fraction of sp³-hybridized carbons (Fsp3) is 0.200. The van der Waals surface area contributed by atoms with Gasteiger partial charge in [-0.1, -0.05) is 11.2 Å². The molecule has 108 valence electrons. The zero-order valence-corrected chi connectivity index (χ0v) is 12.0. The fourth-order valence-corrected chi connectivity index (χ4v) is 2.40. The number of carbonyl (C=O) groups excluding carboxylic acids is 1. The number of rotatable bonds is 3. The Hall–Kier alpha value is -2.76. The van der Waals surface area contributed by atoms with E-state index in [1.807, 2.05) is 25.1 Å². The number of H-pyrrole nitrogens is 1. The zero-order valence-electron chi connectivity index (χ0n) is 12.0. The summed E-state index contributed by atoms with van der Waals surface area (Å²) in [7, 11) is 1.58. The first kappa shape index (κ1) is 13.2. The summed E-state index contributed by atoms with van der Waals surface area (Å²) in [6.45, 7) is 3.62. The molecule has 21 heavy (non-hydrogen) atoms. The summed E-state index contributed by atoms with van der Waals surface area (Å²) in [6.07, 6.45) is 0. The van der Waals surface area contributed by atoms with Crippen LogP contribution in [0.5, 0.6) is 5.75 Å². The standard InChI is InChI=1S/C15H15N3O3/c1-8-7-12(18-21-8)17-15(19)13-9(2)16-10-5-4-6-11(20-3)14(10)13/h4-7,16H,1-3H3,(H,17,18,19). The summed E-state index contributed by atoms with van der Waals surface area (Å²) >= 11 is 0. The van der Waals surface area contributed by atoms with Crippen molar-refractivity contribution < 1.29 is 14.1 Å². The van der Waals surface area contributed by atoms with E-state index < -0.39 is 0 Å². The van der Waals surface area contributed by atoms with Crippen molar-refractivity contribution in [2.24, 2.45) is 0 Å². The number of aromatic amines is 1. The molecule has 3 aromatic rings. The van der Waals surface area contributed by atoms with E-state index in [1.165, 1.54) is 0 Å². The quantitative estimate of drug-likeness (QED) is 0.775. The van der Waals surface area contributed by atoms with E-state index in [0.717, 1.165) is 16.6 Å². The molecule has 1 amide bonds. The molecule has 0 saturated carbocycles. The van der Waals surface area contributed by atoms with Gasteiger partial charge in [-0.15, -0.1) is 0 Å². The number of nitrogens with one attached hydrogen (secondary N) is 2. The lowest BCUT2D eigenvalue weighted by Gasteiger charge is -2.05. The van der Waals surface area contributed by atoms with E-state index in [-0.39, 0.29) is 5.91 Å². The molecule has 0 unspecified atom stereocenters. The summed E-state index contributed by atoms with van der Waals surface area (Å²) < 4.78 is 10.3. The van der Waals surface area contributed by atoms with Crippen LogP contribution in [0, 0.1) is 13.8 Å². The zero-order chi connectivity index (χ0) is 15.0. The molecule has 0 saturated heterocycles. The average Bonchev–Trinajstić information content (AvgIpc) is 3.00. The lowest BCUT2D eigenvalue weighted by Crippen LogP contribution is -2.13. The number of benzene rings is 1. The second-order valence-electron chi connectivity index (χ2n) is 4.78. The van der Waals surface area contributed by atoms with E-state index in [4.69, 9.17) is 9.26 Å². The minimum absolute atomic E-state index is 0.253. The van der Waals surface area contributed by atoms with Gasteiger partial charge in [-0.3, -0.25) is 4.79 Å². The lowest BCUT2D eigenvalue weighted by molar-refractivity contribution is 0.102. The Labute approximate surface area is 121 Å². The Balaban J connectivity index is 2.06. The van der Waals surface area contributed by atoms with Crippen LogP contribution in [0.15, 0.2) is 28.8 Å². The topological polar surface area (TPSA) is 80.2 Å². The first-order valence-corrected chi connectivity index (χ1v) is 6.50. The van der Waals surface area contributed by atoms with Crippen LogP contribution >= 0.6 is 0 Å². The first-order valence-electron chi connectivity index (χ1n) is 6.50. The Morgan fingerprint density at radius 1 is 1.38 bits per heavy atom. The molecule has 0 fully saturated rings. The SMILES string of the molecule is COc1cccc2[nH]c(C)c(C(=O)Nc3cc(C)on3)c12. The van der Waals surface area contributed by atoms with Gasteiger partial charge in [-0.05, 0) is 26.0 Å². The molecule has 0 radical (unpaired) electrons. The number of hydrogen-bond acceptors (Lipinski definition) is 4. The van der Waals surface area contributed by atoms with Gasteiger partial charge in [0.2, 0.25) is 0 Å². The maximum Gasteiger partial charge on any atom is 0.259 e. The van der Waals surface area contributed by atoms with Crippen LogP contribution < -0.4 is 10.1 Å². The van der Waals surface area contributed by atoms with Crippen molar-refractivity contribution in [2.75, 3.05) is 12.4 Å². The van der Waals surface area contributed by atoms with Gasteiger partial charge in [0.25, 0.3) is 5.91 Å². The number of nitrogens with zero attached hydrogens (tertiary/aromatic N) is 1. The number of hydrogen-bond donors (Lipinski definition) is 2. The Morgan fingerprint density at radius 3 is 2.86 bits per heavy atom. The second kappa shape index (κ2) is 4.97. The number of aromatic nitrogens is 2. The number of carbonyl (C=O) groups is 1. The van der Waals surface area contributed by atoms with Crippen LogP contribution in [-0.4, -0.2) is 23.2 Å². The molecule has 2 heterocycles. The van der Waals surface area contributed by atoms with Gasteiger partial charge >= 0.3 is 0 Å². The molecule has 6 nitrogen and oxygen atoms in total. The third-order valence-electron chi connectivity index (χ3n) is 3.29. The highest BCUT2D eigenvalue weighted by Crippen LogP contribution is 2.31. The summed E-state index contributed by atoms with van der Waals surface area (Å²) in [5, 5.41) is 7.26. The van der Waals surface area contributed by atoms with E-state index in [2.05, 4.69) is 15.5 Å². The highest BCUT2D eigenvalue weighted by molar-refractivity contribution is 6.15. The van der Waals surface area contributed by atoms with Crippen LogP contribution in [0.2, 0.25) is 0 Å². The van der Waals surface area contributed by atoms with E-state index >= 15 is 0 Å². The average molecular weight is 285 g/mol. The fourth-order valence-electron chi connectivity index (χ4n) is 2.40. The lowest BCUT2D eigenvalue weighted by atomic mass is 10.1. The van der Waals surface area contributed by atoms with Crippen molar-refractivity contribution in [3.63, 3.8) is 0 Å². The van der Waals surface area contributed by atoms with Crippen molar-refractivity contribution in [2.45, 2.75) is 13.8 Å². The maximum atomic E-state index is 12.5. The second-order valence-corrected chi connectivity index (χ2v) is 4.78. The molecular formula is C15H15N3O3. The number of ether oxygens (including phenoxy) is 1. The van der Waals surface area contributed by atoms with E-state index in [0.29, 0.717) is 22.9 Å². The summed E-state index contributed by atoms with van der Waals surface area (Å²) in [6, 6.07) is 7.27. The van der Waals surface area contributed by atoms with Crippen LogP contribution in [0.25, 0.3) is 10.9 Å². The predicted octanol–water partition coefficient (Wildman–Crippen LogP) is 3.03. The van der Waals surface area contributed by atoms with Crippen molar-refractivity contribution in [3.8, 4) is 5.75 Å². The molecule has 2 N–H and O–H groups in total. The van der Waals surface area contributed by atoms with Gasteiger partial charge in [0.05, 0.1) is 23.6 Å². The number of fused-ring (bicyclic) bond motifs is 1. The highest BCUT2D eigenvalue weighted by Gasteiger charge is 2.20. The molecule has 0 aliphatic rings. The van der Waals surface area contributed by atoms with Gasteiger partial charge in [-0.2, -0.15) is 0 Å². The minimum atomic E-state index is -0.253. The first-order chi connectivity index (χ1) is 10.1. The number of anilines is 1. The molecule has 0 bridgehead atoms. The van der Waals surface area contributed by atoms with Gasteiger partial charge in [0.15, 0.2) is 5.82 Å². The Kier molecular flexibility index (Phi) is 3.13. The van der Waals surface area contributed by atoms with Crippen LogP contribution in [-0.2, 0) is 0 Å². The van der Waals surface area contributed by atoms with Crippen molar-refractivity contribution >= 4 is 22.6 Å². The van der Waals surface area contributed by atoms with Crippen molar-refractivity contribution in [3.05, 3.63) is 41.3 Å². The van der Waals surface area contributed by atoms with Gasteiger partial charge in [0, 0.05) is 11.8 Å². The van der Waals surface area contributed by atoms with Crippen LogP contribution in [0.4, 0.5) is 5.82 Å². The molecule has 0 atom stereocenters. The molecule has 2 aromatic heterocycles. The Bertz CT molecular complexity index is 817. The summed E-state index contributed by atoms with van der Waals surface area (Å²) in [5.41, 5.74) is 2.17. The van der Waals surface area contributed by atoms with E-state index in [9.17, 15) is 4.79 Å². The van der Waals surface area contributed by atoms with Gasteiger partial charge < -0.3 is 19.6 Å². The van der Waals surface area contributed by atoms with Crippen molar-refractivity contribution in [1.29, 1.82) is 0 Å². The van der Waals surface area contributed by atoms with Crippen LogP contribution in [0.1, 0.15) is 21.8 Å². The maximum absolute atomic E-state index is 12.5. The molecule has 6 heteroatoms. The molecular weight excluding hydrogens is 270 g/mol. The van der Waals surface area contributed by atoms with Crippen molar-refractivity contribution in [1.82, 2.24) is 10.1 Å². The number of methoxy groups -OCH3 is 1. The van der Waals surface area contributed by atoms with Crippen LogP contribution in [0.3, 0.4) is 0 Å². The molecule has 0 aliphatic heterocycles. The van der Waals surface area contributed by atoms with Gasteiger partial charge in [-0.25, -0.2) is 0 Å². The largest absolute Gasteiger partial charge is 0.496 e. The third-order valence-corrected chi connectivity index (χ3v) is 3.29. The number of aryl methyl sites for hydroxylation is 2. The molecule has 3 rings (SSSR count). The van der Waals surface area contributed by atoms with E-state index in [1.54, 1.807) is 20.1 Å².